The van der Waals surface area contributed by atoms with Gasteiger partial charge in [0.05, 0.1) is 19.8 Å². The molecule has 124 valence electrons. The molecule has 1 unspecified atom stereocenters. The third-order valence-electron chi connectivity index (χ3n) is 2.93. The number of carbonyl (C=O) groups excluding carboxylic acids is 2. The first-order valence-corrected chi connectivity index (χ1v) is 6.97. The molecular formula is C14H24N4O4. The lowest BCUT2D eigenvalue weighted by molar-refractivity contribution is 0.0593. The number of rotatable bonds is 5. The van der Waals surface area contributed by atoms with Crippen molar-refractivity contribution in [3.05, 3.63) is 11.8 Å². The van der Waals surface area contributed by atoms with Gasteiger partial charge in [-0.15, -0.1) is 0 Å². The van der Waals surface area contributed by atoms with Crippen LogP contribution in [0, 0.1) is 5.41 Å². The molecule has 22 heavy (non-hydrogen) atoms. The smallest absolute Gasteiger partial charge is 0.358 e. The highest BCUT2D eigenvalue weighted by Gasteiger charge is 2.21. The summed E-state index contributed by atoms with van der Waals surface area (Å²) in [5.41, 5.74) is 0.0827. The number of esters is 1. The summed E-state index contributed by atoms with van der Waals surface area (Å²) < 4.78 is 5.93. The minimum Gasteiger partial charge on any atom is -0.464 e. The van der Waals surface area contributed by atoms with Crippen molar-refractivity contribution in [3.8, 4) is 0 Å². The number of aromatic nitrogens is 2. The number of aliphatic hydroxyl groups is 1. The number of hydrogen-bond acceptors (Lipinski definition) is 5. The predicted molar refractivity (Wildman–Crippen MR) is 81.6 cm³/mol. The summed E-state index contributed by atoms with van der Waals surface area (Å²) in [5.74, 6) is -0.227. The Bertz CT molecular complexity index is 533. The third-order valence-corrected chi connectivity index (χ3v) is 2.93. The van der Waals surface area contributed by atoms with Gasteiger partial charge >= 0.3 is 12.0 Å². The molecule has 1 atom stereocenters. The highest BCUT2D eigenvalue weighted by Crippen LogP contribution is 2.20. The summed E-state index contributed by atoms with van der Waals surface area (Å²) in [6.07, 6.45) is 0.635. The summed E-state index contributed by atoms with van der Waals surface area (Å²) in [6.45, 7) is 5.93. The monoisotopic (exact) mass is 312 g/mol. The van der Waals surface area contributed by atoms with Gasteiger partial charge in [-0.1, -0.05) is 20.8 Å². The summed E-state index contributed by atoms with van der Waals surface area (Å²) >= 11 is 0. The minimum atomic E-state index is -0.579. The van der Waals surface area contributed by atoms with Gasteiger partial charge in [-0.05, 0) is 11.8 Å². The van der Waals surface area contributed by atoms with E-state index in [2.05, 4.69) is 20.5 Å². The first-order chi connectivity index (χ1) is 10.2. The molecular weight excluding hydrogens is 288 g/mol. The fourth-order valence-electron chi connectivity index (χ4n) is 2.03. The Balaban J connectivity index is 2.68. The number of nitrogens with zero attached hydrogens (tertiary/aromatic N) is 2. The maximum Gasteiger partial charge on any atom is 0.358 e. The van der Waals surface area contributed by atoms with E-state index >= 15 is 0 Å². The molecule has 0 spiro atoms. The highest BCUT2D eigenvalue weighted by molar-refractivity contribution is 5.92. The van der Waals surface area contributed by atoms with Crippen LogP contribution in [0.2, 0.25) is 0 Å². The van der Waals surface area contributed by atoms with Crippen LogP contribution in [-0.4, -0.2) is 46.6 Å². The SMILES string of the molecule is COC(=O)c1cc(NC(=O)NC(CO)CC(C)(C)C)n(C)n1. The van der Waals surface area contributed by atoms with Crippen LogP contribution >= 0.6 is 0 Å². The fourth-order valence-corrected chi connectivity index (χ4v) is 2.03. The quantitative estimate of drug-likeness (QED) is 0.707. The number of aliphatic hydroxyl groups excluding tert-OH is 1. The molecule has 0 saturated heterocycles. The Morgan fingerprint density at radius 3 is 2.59 bits per heavy atom. The molecule has 0 aliphatic carbocycles. The highest BCUT2D eigenvalue weighted by atomic mass is 16.5. The van der Waals surface area contributed by atoms with Gasteiger partial charge in [-0.3, -0.25) is 10.00 Å². The number of aryl methyl sites for hydroxylation is 1. The lowest BCUT2D eigenvalue weighted by atomic mass is 9.88. The van der Waals surface area contributed by atoms with E-state index in [4.69, 9.17) is 0 Å². The summed E-state index contributed by atoms with van der Waals surface area (Å²) in [7, 11) is 2.86. The standard InChI is InChI=1S/C14H24N4O4/c1-14(2,3)7-9(8-19)15-13(21)16-11-6-10(12(20)22-5)17-18(11)4/h6,9,19H,7-8H2,1-5H3,(H2,15,16,21). The van der Waals surface area contributed by atoms with Crippen LogP contribution in [-0.2, 0) is 11.8 Å². The number of carbonyl (C=O) groups is 2. The minimum absolute atomic E-state index is 0.0226. The van der Waals surface area contributed by atoms with Gasteiger partial charge in [0.25, 0.3) is 0 Å². The topological polar surface area (TPSA) is 105 Å². The third kappa shape index (κ3) is 5.36. The second kappa shape index (κ2) is 7.26. The van der Waals surface area contributed by atoms with Crippen LogP contribution in [0.4, 0.5) is 10.6 Å². The first-order valence-electron chi connectivity index (χ1n) is 6.97. The molecule has 0 aromatic carbocycles. The summed E-state index contributed by atoms with van der Waals surface area (Å²) in [5, 5.41) is 18.6. The van der Waals surface area contributed by atoms with Gasteiger partial charge in [0.15, 0.2) is 5.69 Å². The van der Waals surface area contributed by atoms with E-state index in [9.17, 15) is 14.7 Å². The van der Waals surface area contributed by atoms with Crippen LogP contribution in [0.1, 0.15) is 37.7 Å². The van der Waals surface area contributed by atoms with Gasteiger partial charge in [-0.2, -0.15) is 5.10 Å². The summed E-state index contributed by atoms with van der Waals surface area (Å²) in [6, 6.07) is 0.597. The van der Waals surface area contributed by atoms with Gasteiger partial charge in [0.2, 0.25) is 0 Å². The predicted octanol–water partition coefficient (Wildman–Crippen LogP) is 1.13. The van der Waals surface area contributed by atoms with E-state index in [0.717, 1.165) is 0 Å². The number of nitrogens with one attached hydrogen (secondary N) is 2. The van der Waals surface area contributed by atoms with E-state index in [1.165, 1.54) is 17.9 Å². The molecule has 1 heterocycles. The molecule has 0 saturated carbocycles. The van der Waals surface area contributed by atoms with Crippen LogP contribution in [0.3, 0.4) is 0 Å². The number of hydrogen-bond donors (Lipinski definition) is 3. The number of ether oxygens (including phenoxy) is 1. The van der Waals surface area contributed by atoms with Crippen molar-refractivity contribution in [1.82, 2.24) is 15.1 Å². The second-order valence-electron chi connectivity index (χ2n) is 6.27. The number of methoxy groups -OCH3 is 1. The average Bonchev–Trinajstić information content (AvgIpc) is 2.76. The maximum atomic E-state index is 12.0. The average molecular weight is 312 g/mol. The van der Waals surface area contributed by atoms with Gasteiger partial charge in [0, 0.05) is 13.1 Å². The maximum absolute atomic E-state index is 12.0. The van der Waals surface area contributed by atoms with Crippen molar-refractivity contribution in [2.24, 2.45) is 12.5 Å². The van der Waals surface area contributed by atoms with E-state index in [0.29, 0.717) is 12.2 Å². The Morgan fingerprint density at radius 1 is 1.45 bits per heavy atom. The van der Waals surface area contributed by atoms with Crippen molar-refractivity contribution < 1.29 is 19.4 Å². The Hall–Kier alpha value is -2.09. The number of urea groups is 1. The second-order valence-corrected chi connectivity index (χ2v) is 6.27. The van der Waals surface area contributed by atoms with Crippen molar-refractivity contribution in [1.29, 1.82) is 0 Å². The molecule has 1 rings (SSSR count). The van der Waals surface area contributed by atoms with Crippen molar-refractivity contribution >= 4 is 17.8 Å². The molecule has 8 heteroatoms. The zero-order chi connectivity index (χ0) is 16.9. The van der Waals surface area contributed by atoms with Crippen LogP contribution in [0.5, 0.6) is 0 Å². The summed E-state index contributed by atoms with van der Waals surface area (Å²) in [4.78, 5) is 23.4. The zero-order valence-corrected chi connectivity index (χ0v) is 13.6. The van der Waals surface area contributed by atoms with Crippen molar-refractivity contribution in [2.45, 2.75) is 33.2 Å². The normalized spacial score (nSPS) is 12.6. The fraction of sp³-hybridized carbons (Fsp3) is 0.643. The van der Waals surface area contributed by atoms with Crippen LogP contribution in [0.15, 0.2) is 6.07 Å². The first kappa shape index (κ1) is 18.0. The van der Waals surface area contributed by atoms with Gasteiger partial charge < -0.3 is 15.2 Å². The molecule has 1 aromatic rings. The van der Waals surface area contributed by atoms with E-state index in [1.807, 2.05) is 20.8 Å². The van der Waals surface area contributed by atoms with Crippen molar-refractivity contribution in [3.63, 3.8) is 0 Å². The number of anilines is 1. The molecule has 0 bridgehead atoms. The molecule has 0 fully saturated rings. The van der Waals surface area contributed by atoms with Crippen molar-refractivity contribution in [2.75, 3.05) is 19.0 Å². The van der Waals surface area contributed by atoms with Gasteiger partial charge in [-0.25, -0.2) is 9.59 Å². The zero-order valence-electron chi connectivity index (χ0n) is 13.6. The molecule has 1 aromatic heterocycles. The molecule has 8 nitrogen and oxygen atoms in total. The molecule has 0 aliphatic heterocycles. The molecule has 2 amide bonds. The molecule has 0 aliphatic rings. The largest absolute Gasteiger partial charge is 0.464 e. The van der Waals surface area contributed by atoms with E-state index in [-0.39, 0.29) is 23.8 Å². The van der Waals surface area contributed by atoms with Crippen LogP contribution < -0.4 is 10.6 Å². The lowest BCUT2D eigenvalue weighted by Gasteiger charge is -2.25. The lowest BCUT2D eigenvalue weighted by Crippen LogP contribution is -2.42. The molecule has 3 N–H and O–H groups in total. The Kier molecular flexibility index (Phi) is 5.92. The number of amides is 2. The van der Waals surface area contributed by atoms with Gasteiger partial charge in [0.1, 0.15) is 5.82 Å². The Labute approximate surface area is 129 Å². The van der Waals surface area contributed by atoms with E-state index in [1.54, 1.807) is 7.05 Å². The molecule has 0 radical (unpaired) electrons. The van der Waals surface area contributed by atoms with Crippen LogP contribution in [0.25, 0.3) is 0 Å². The van der Waals surface area contributed by atoms with E-state index < -0.39 is 12.0 Å². The Morgan fingerprint density at radius 2 is 2.09 bits per heavy atom.